The highest BCUT2D eigenvalue weighted by Crippen LogP contribution is 2.18. The lowest BCUT2D eigenvalue weighted by Gasteiger charge is -2.17. The molecule has 1 amide bonds. The minimum absolute atomic E-state index is 0.0237. The van der Waals surface area contributed by atoms with Crippen LogP contribution in [-0.2, 0) is 19.9 Å². The maximum absolute atomic E-state index is 12.5. The molecule has 8 nitrogen and oxygen atoms in total. The molecule has 1 atom stereocenters. The minimum atomic E-state index is -3.82. The minimum Gasteiger partial charge on any atom is -0.336 e. The summed E-state index contributed by atoms with van der Waals surface area (Å²) in [4.78, 5) is 18.0. The molecule has 0 bridgehead atoms. The van der Waals surface area contributed by atoms with Crippen LogP contribution in [0.2, 0.25) is 0 Å². The second-order valence-electron chi connectivity index (χ2n) is 6.32. The highest BCUT2D eigenvalue weighted by atomic mass is 32.2. The monoisotopic (exact) mass is 409 g/mol. The topological polar surface area (TPSA) is 114 Å². The summed E-state index contributed by atoms with van der Waals surface area (Å²) in [7, 11) is -7.21. The predicted octanol–water partition coefficient (Wildman–Crippen LogP) is 0.678. The number of rotatable bonds is 5. The van der Waals surface area contributed by atoms with Crippen molar-refractivity contribution in [3.8, 4) is 0 Å². The third-order valence-electron chi connectivity index (χ3n) is 4.24. The van der Waals surface area contributed by atoms with Gasteiger partial charge in [-0.05, 0) is 42.8 Å². The third kappa shape index (κ3) is 4.52. The van der Waals surface area contributed by atoms with Gasteiger partial charge in [-0.25, -0.2) is 21.6 Å². The summed E-state index contributed by atoms with van der Waals surface area (Å²) in [6.07, 6.45) is 3.07. The van der Waals surface area contributed by atoms with E-state index in [1.165, 1.54) is 30.5 Å². The first kappa shape index (κ1) is 19.5. The van der Waals surface area contributed by atoms with Crippen molar-refractivity contribution >= 4 is 25.8 Å². The predicted molar refractivity (Wildman–Crippen MR) is 98.4 cm³/mol. The number of sulfone groups is 1. The fourth-order valence-corrected chi connectivity index (χ4v) is 4.74. The summed E-state index contributed by atoms with van der Waals surface area (Å²) in [5, 5.41) is 0. The Balaban J connectivity index is 1.67. The fraction of sp³-hybridized carbons (Fsp3) is 0.294. The van der Waals surface area contributed by atoms with E-state index in [9.17, 15) is 21.6 Å². The third-order valence-corrected chi connectivity index (χ3v) is 6.91. The molecular formula is C17H19N3O5S2. The van der Waals surface area contributed by atoms with E-state index in [2.05, 4.69) is 9.71 Å². The summed E-state index contributed by atoms with van der Waals surface area (Å²) in [5.41, 5.74) is 0.317. The molecule has 1 N–H and O–H groups in total. The quantitative estimate of drug-likeness (QED) is 0.777. The molecule has 10 heteroatoms. The van der Waals surface area contributed by atoms with Crippen molar-refractivity contribution in [2.45, 2.75) is 22.3 Å². The lowest BCUT2D eigenvalue weighted by atomic mass is 10.3. The molecule has 1 fully saturated rings. The highest BCUT2D eigenvalue weighted by molar-refractivity contribution is 7.90. The summed E-state index contributed by atoms with van der Waals surface area (Å²) >= 11 is 0. The van der Waals surface area contributed by atoms with E-state index >= 15 is 0 Å². The Morgan fingerprint density at radius 1 is 1.07 bits per heavy atom. The number of amides is 1. The number of carbonyl (C=O) groups excluding carboxylic acids is 1. The van der Waals surface area contributed by atoms with Gasteiger partial charge in [-0.1, -0.05) is 6.07 Å². The zero-order valence-electron chi connectivity index (χ0n) is 14.6. The Hall–Kier alpha value is -2.30. The van der Waals surface area contributed by atoms with E-state index in [1.807, 2.05) is 0 Å². The van der Waals surface area contributed by atoms with Gasteiger partial charge in [0.25, 0.3) is 5.91 Å². The van der Waals surface area contributed by atoms with Crippen LogP contribution in [0.3, 0.4) is 0 Å². The van der Waals surface area contributed by atoms with Crippen molar-refractivity contribution in [1.29, 1.82) is 0 Å². The molecule has 2 heterocycles. The van der Waals surface area contributed by atoms with Crippen LogP contribution >= 0.6 is 0 Å². The highest BCUT2D eigenvalue weighted by Gasteiger charge is 2.30. The molecular weight excluding hydrogens is 390 g/mol. The van der Waals surface area contributed by atoms with Crippen LogP contribution in [0.5, 0.6) is 0 Å². The smallest absolute Gasteiger partial charge is 0.272 e. The molecule has 1 aliphatic rings. The van der Waals surface area contributed by atoms with Gasteiger partial charge in [-0.3, -0.25) is 9.78 Å². The number of hydrogen-bond donors (Lipinski definition) is 1. The fourth-order valence-electron chi connectivity index (χ4n) is 2.85. The lowest BCUT2D eigenvalue weighted by Crippen LogP contribution is -2.38. The maximum Gasteiger partial charge on any atom is 0.272 e. The van der Waals surface area contributed by atoms with Crippen molar-refractivity contribution in [1.82, 2.24) is 14.6 Å². The Morgan fingerprint density at radius 2 is 1.74 bits per heavy atom. The number of sulfonamides is 1. The summed E-state index contributed by atoms with van der Waals surface area (Å²) in [5.74, 6) is -0.241. The van der Waals surface area contributed by atoms with Crippen LogP contribution in [0.4, 0.5) is 0 Å². The molecule has 1 saturated heterocycles. The number of benzene rings is 1. The summed E-state index contributed by atoms with van der Waals surface area (Å²) in [6, 6.07) is 9.66. The molecule has 3 rings (SSSR count). The number of nitrogens with zero attached hydrogens (tertiary/aromatic N) is 2. The standard InChI is InChI=1S/C17H19N3O5S2/c1-26(22,23)14-5-7-15(8-6-14)27(24,25)19-13-9-11-20(12-13)17(21)16-4-2-3-10-18-16/h2-8,10,13,19H,9,11-12H2,1H3. The van der Waals surface area contributed by atoms with E-state index in [0.29, 0.717) is 18.7 Å². The van der Waals surface area contributed by atoms with Crippen molar-refractivity contribution in [3.63, 3.8) is 0 Å². The second-order valence-corrected chi connectivity index (χ2v) is 10.0. The summed E-state index contributed by atoms with van der Waals surface area (Å²) < 4.78 is 50.6. The van der Waals surface area contributed by atoms with E-state index in [1.54, 1.807) is 23.1 Å². The molecule has 0 spiro atoms. The maximum atomic E-state index is 12.5. The van der Waals surface area contributed by atoms with Gasteiger partial charge in [0, 0.05) is 31.6 Å². The Morgan fingerprint density at radius 3 is 2.33 bits per heavy atom. The van der Waals surface area contributed by atoms with Crippen molar-refractivity contribution in [2.75, 3.05) is 19.3 Å². The molecule has 0 saturated carbocycles. The van der Waals surface area contributed by atoms with E-state index in [0.717, 1.165) is 6.26 Å². The van der Waals surface area contributed by atoms with E-state index in [4.69, 9.17) is 0 Å². The van der Waals surface area contributed by atoms with Crippen molar-refractivity contribution in [2.24, 2.45) is 0 Å². The van der Waals surface area contributed by atoms with Crippen LogP contribution in [0.25, 0.3) is 0 Å². The average Bonchev–Trinajstić information content (AvgIpc) is 3.09. The molecule has 144 valence electrons. The average molecular weight is 409 g/mol. The lowest BCUT2D eigenvalue weighted by molar-refractivity contribution is 0.0784. The Bertz CT molecular complexity index is 1040. The molecule has 1 unspecified atom stereocenters. The van der Waals surface area contributed by atoms with Gasteiger partial charge in [-0.2, -0.15) is 0 Å². The first-order valence-electron chi connectivity index (χ1n) is 8.19. The normalized spacial score (nSPS) is 17.8. The molecule has 1 aliphatic heterocycles. The Kier molecular flexibility index (Phi) is 5.31. The molecule has 2 aromatic rings. The number of pyridine rings is 1. The molecule has 0 radical (unpaired) electrons. The summed E-state index contributed by atoms with van der Waals surface area (Å²) in [6.45, 7) is 0.672. The van der Waals surface area contributed by atoms with Crippen LogP contribution in [0, 0.1) is 0 Å². The Labute approximate surface area is 158 Å². The van der Waals surface area contributed by atoms with Crippen LogP contribution < -0.4 is 4.72 Å². The second kappa shape index (κ2) is 7.37. The van der Waals surface area contributed by atoms with Crippen molar-refractivity contribution < 1.29 is 21.6 Å². The molecule has 1 aromatic heterocycles. The number of carbonyl (C=O) groups is 1. The zero-order valence-corrected chi connectivity index (χ0v) is 16.2. The first-order chi connectivity index (χ1) is 12.7. The van der Waals surface area contributed by atoms with Crippen LogP contribution in [0.15, 0.2) is 58.5 Å². The zero-order chi connectivity index (χ0) is 19.7. The van der Waals surface area contributed by atoms with Gasteiger partial charge in [0.2, 0.25) is 10.0 Å². The number of nitrogens with one attached hydrogen (secondary N) is 1. The van der Waals surface area contributed by atoms with Gasteiger partial charge in [0.1, 0.15) is 5.69 Å². The van der Waals surface area contributed by atoms with Crippen LogP contribution in [-0.4, -0.2) is 58.0 Å². The van der Waals surface area contributed by atoms with E-state index in [-0.39, 0.29) is 22.2 Å². The van der Waals surface area contributed by atoms with Gasteiger partial charge in [0.05, 0.1) is 9.79 Å². The van der Waals surface area contributed by atoms with Gasteiger partial charge < -0.3 is 4.90 Å². The van der Waals surface area contributed by atoms with Crippen molar-refractivity contribution in [3.05, 3.63) is 54.4 Å². The largest absolute Gasteiger partial charge is 0.336 e. The van der Waals surface area contributed by atoms with Gasteiger partial charge in [-0.15, -0.1) is 0 Å². The van der Waals surface area contributed by atoms with Gasteiger partial charge in [0.15, 0.2) is 9.84 Å². The van der Waals surface area contributed by atoms with Crippen LogP contribution in [0.1, 0.15) is 16.9 Å². The number of hydrogen-bond acceptors (Lipinski definition) is 6. The number of likely N-dealkylation sites (tertiary alicyclic amines) is 1. The first-order valence-corrected chi connectivity index (χ1v) is 11.6. The SMILES string of the molecule is CS(=O)(=O)c1ccc(S(=O)(=O)NC2CCN(C(=O)c3ccccn3)C2)cc1. The van der Waals surface area contributed by atoms with Gasteiger partial charge >= 0.3 is 0 Å². The van der Waals surface area contributed by atoms with E-state index < -0.39 is 25.9 Å². The molecule has 0 aliphatic carbocycles. The number of aromatic nitrogens is 1. The molecule has 1 aromatic carbocycles. The molecule has 27 heavy (non-hydrogen) atoms.